The van der Waals surface area contributed by atoms with Gasteiger partial charge in [0.2, 0.25) is 0 Å². The van der Waals surface area contributed by atoms with Gasteiger partial charge >= 0.3 is 0 Å². The topological polar surface area (TPSA) is 94.4 Å². The van der Waals surface area contributed by atoms with Gasteiger partial charge < -0.3 is 24.8 Å². The summed E-state index contributed by atoms with van der Waals surface area (Å²) in [6, 6.07) is -0.0721. The van der Waals surface area contributed by atoms with Gasteiger partial charge in [0, 0.05) is 12.6 Å². The summed E-state index contributed by atoms with van der Waals surface area (Å²) >= 11 is 0. The summed E-state index contributed by atoms with van der Waals surface area (Å²) in [6.07, 6.45) is 7.56. The molecule has 2 heterocycles. The largest absolute Gasteiger partial charge is 0.497 e. The van der Waals surface area contributed by atoms with Crippen LogP contribution in [0.1, 0.15) is 25.7 Å². The molecule has 0 spiro atoms. The van der Waals surface area contributed by atoms with Crippen LogP contribution in [0.15, 0.2) is 24.0 Å². The van der Waals surface area contributed by atoms with Gasteiger partial charge in [-0.3, -0.25) is 5.32 Å². The van der Waals surface area contributed by atoms with Crippen molar-refractivity contribution in [3.63, 3.8) is 0 Å². The molecule has 0 aromatic heterocycles. The van der Waals surface area contributed by atoms with Crippen LogP contribution in [0.25, 0.3) is 0 Å². The van der Waals surface area contributed by atoms with Crippen LogP contribution in [0.4, 0.5) is 0 Å². The first kappa shape index (κ1) is 16.9. The second-order valence-corrected chi connectivity index (χ2v) is 6.39. The quantitative estimate of drug-likeness (QED) is 0.483. The standard InChI is InChI=1S/C16H26N2O5/c1-22-12-5-3-11(4-6-12)9-13(17-10-19)14-18-8-2-7-16(18,23-14)15(20)21/h3,5-6,11,13-15,17,19-21H,2,4,7-10H2,1H3/t11?,13?,14?,16-/m1/s1. The van der Waals surface area contributed by atoms with Gasteiger partial charge in [-0.1, -0.05) is 6.08 Å². The number of hydrogen-bond acceptors (Lipinski definition) is 7. The number of ether oxygens (including phenoxy) is 2. The molecule has 0 bridgehead atoms. The number of allylic oxidation sites excluding steroid dienone is 3. The van der Waals surface area contributed by atoms with E-state index in [1.807, 2.05) is 11.0 Å². The maximum absolute atomic E-state index is 9.63. The van der Waals surface area contributed by atoms with Crippen molar-refractivity contribution in [3.05, 3.63) is 24.0 Å². The highest BCUT2D eigenvalue weighted by molar-refractivity contribution is 5.18. The number of hydrogen-bond donors (Lipinski definition) is 4. The Labute approximate surface area is 136 Å². The molecule has 0 amide bonds. The zero-order valence-corrected chi connectivity index (χ0v) is 13.4. The number of fused-ring (bicyclic) bond motifs is 1. The monoisotopic (exact) mass is 326 g/mol. The predicted octanol–water partition coefficient (Wildman–Crippen LogP) is -0.150. The van der Waals surface area contributed by atoms with Crippen LogP contribution in [-0.4, -0.2) is 64.9 Å². The number of aliphatic hydroxyl groups excluding tert-OH is 2. The smallest absolute Gasteiger partial charge is 0.195 e. The molecule has 2 saturated heterocycles. The predicted molar refractivity (Wildman–Crippen MR) is 82.7 cm³/mol. The molecule has 4 atom stereocenters. The van der Waals surface area contributed by atoms with E-state index in [-0.39, 0.29) is 19.0 Å². The number of methoxy groups -OCH3 is 1. The van der Waals surface area contributed by atoms with Gasteiger partial charge in [-0.15, -0.1) is 0 Å². The lowest BCUT2D eigenvalue weighted by atomic mass is 9.90. The van der Waals surface area contributed by atoms with E-state index >= 15 is 0 Å². The third kappa shape index (κ3) is 3.05. The molecule has 2 aliphatic heterocycles. The van der Waals surface area contributed by atoms with Crippen molar-refractivity contribution in [1.82, 2.24) is 10.2 Å². The summed E-state index contributed by atoms with van der Waals surface area (Å²) in [5.74, 6) is 1.20. The summed E-state index contributed by atoms with van der Waals surface area (Å²) in [6.45, 7) is 0.642. The zero-order chi connectivity index (χ0) is 16.4. The second-order valence-electron chi connectivity index (χ2n) is 6.39. The van der Waals surface area contributed by atoms with Crippen molar-refractivity contribution < 1.29 is 24.8 Å². The molecule has 1 aliphatic carbocycles. The summed E-state index contributed by atoms with van der Waals surface area (Å²) < 4.78 is 11.1. The van der Waals surface area contributed by atoms with E-state index in [2.05, 4.69) is 17.5 Å². The summed E-state index contributed by atoms with van der Waals surface area (Å²) in [5, 5.41) is 31.6. The third-order valence-electron chi connectivity index (χ3n) is 5.10. The van der Waals surface area contributed by atoms with Gasteiger partial charge in [0.25, 0.3) is 0 Å². The highest BCUT2D eigenvalue weighted by Gasteiger charge is 2.61. The van der Waals surface area contributed by atoms with Crippen molar-refractivity contribution in [3.8, 4) is 0 Å². The minimum atomic E-state index is -1.50. The van der Waals surface area contributed by atoms with Gasteiger partial charge in [0.1, 0.15) is 12.0 Å². The number of nitrogens with one attached hydrogen (secondary N) is 1. The van der Waals surface area contributed by atoms with E-state index in [0.29, 0.717) is 12.3 Å². The van der Waals surface area contributed by atoms with Crippen LogP contribution < -0.4 is 5.32 Å². The molecule has 2 fully saturated rings. The first-order valence-electron chi connectivity index (χ1n) is 8.18. The Balaban J connectivity index is 1.62. The Hall–Kier alpha value is -0.960. The van der Waals surface area contributed by atoms with Crippen LogP contribution in [-0.2, 0) is 9.47 Å². The van der Waals surface area contributed by atoms with Gasteiger partial charge in [0.15, 0.2) is 12.0 Å². The molecule has 3 aliphatic rings. The van der Waals surface area contributed by atoms with Crippen molar-refractivity contribution in [2.24, 2.45) is 5.92 Å². The fourth-order valence-corrected chi connectivity index (χ4v) is 3.88. The minimum absolute atomic E-state index is 0.0721. The lowest BCUT2D eigenvalue weighted by Gasteiger charge is -2.57. The Morgan fingerprint density at radius 1 is 1.52 bits per heavy atom. The molecular formula is C16H26N2O5. The Bertz CT molecular complexity index is 481. The molecule has 0 aromatic carbocycles. The van der Waals surface area contributed by atoms with E-state index in [1.54, 1.807) is 7.11 Å². The Morgan fingerprint density at radius 2 is 2.35 bits per heavy atom. The molecule has 23 heavy (non-hydrogen) atoms. The second kappa shape index (κ2) is 6.88. The Kier molecular flexibility index (Phi) is 5.05. The van der Waals surface area contributed by atoms with Gasteiger partial charge in [-0.25, -0.2) is 4.90 Å². The molecule has 130 valence electrons. The van der Waals surface area contributed by atoms with Crippen LogP contribution in [0.3, 0.4) is 0 Å². The maximum atomic E-state index is 9.63. The molecular weight excluding hydrogens is 300 g/mol. The van der Waals surface area contributed by atoms with Crippen LogP contribution in [0.2, 0.25) is 0 Å². The van der Waals surface area contributed by atoms with Crippen LogP contribution in [0.5, 0.6) is 0 Å². The number of rotatable bonds is 7. The molecule has 3 rings (SSSR count). The van der Waals surface area contributed by atoms with Gasteiger partial charge in [0.05, 0.1) is 13.8 Å². The van der Waals surface area contributed by atoms with Crippen molar-refractivity contribution in [2.75, 3.05) is 20.4 Å². The van der Waals surface area contributed by atoms with E-state index in [0.717, 1.165) is 31.6 Å². The molecule has 7 nitrogen and oxygen atoms in total. The fraction of sp³-hybridized carbons (Fsp3) is 0.750. The highest BCUT2D eigenvalue weighted by atomic mass is 16.6. The molecule has 0 saturated carbocycles. The third-order valence-corrected chi connectivity index (χ3v) is 5.10. The molecule has 0 aromatic rings. The first-order chi connectivity index (χ1) is 11.1. The molecule has 0 radical (unpaired) electrons. The first-order valence-corrected chi connectivity index (χ1v) is 8.18. The summed E-state index contributed by atoms with van der Waals surface area (Å²) in [5.41, 5.74) is -0.953. The number of nitrogens with zero attached hydrogens (tertiary/aromatic N) is 1. The minimum Gasteiger partial charge on any atom is -0.497 e. The van der Waals surface area contributed by atoms with Crippen LogP contribution in [0, 0.1) is 5.92 Å². The average molecular weight is 326 g/mol. The number of aliphatic hydroxyl groups is 3. The average Bonchev–Trinajstić information content (AvgIpc) is 2.86. The van der Waals surface area contributed by atoms with Gasteiger partial charge in [-0.2, -0.15) is 0 Å². The van der Waals surface area contributed by atoms with E-state index in [4.69, 9.17) is 9.47 Å². The lowest BCUT2D eigenvalue weighted by molar-refractivity contribution is -0.404. The van der Waals surface area contributed by atoms with E-state index in [9.17, 15) is 15.3 Å². The summed E-state index contributed by atoms with van der Waals surface area (Å²) in [4.78, 5) is 2.01. The van der Waals surface area contributed by atoms with E-state index < -0.39 is 12.0 Å². The fourth-order valence-electron chi connectivity index (χ4n) is 3.88. The Morgan fingerprint density at radius 3 is 2.96 bits per heavy atom. The molecule has 3 unspecified atom stereocenters. The lowest BCUT2D eigenvalue weighted by Crippen LogP contribution is -2.74. The van der Waals surface area contributed by atoms with Crippen LogP contribution >= 0.6 is 0 Å². The van der Waals surface area contributed by atoms with E-state index in [1.165, 1.54) is 0 Å². The molecule has 4 N–H and O–H groups in total. The maximum Gasteiger partial charge on any atom is 0.195 e. The SMILES string of the molecule is COC1=CCC(CC(NCO)C2O[C@@]3(C(O)O)CCCN23)C=C1. The molecule has 7 heteroatoms. The zero-order valence-electron chi connectivity index (χ0n) is 13.4. The highest BCUT2D eigenvalue weighted by Crippen LogP contribution is 2.46. The summed E-state index contributed by atoms with van der Waals surface area (Å²) in [7, 11) is 1.65. The van der Waals surface area contributed by atoms with Gasteiger partial charge in [-0.05, 0) is 43.8 Å². The van der Waals surface area contributed by atoms with Crippen molar-refractivity contribution in [2.45, 2.75) is 50.0 Å². The normalized spacial score (nSPS) is 34.9. The van der Waals surface area contributed by atoms with Crippen molar-refractivity contribution in [1.29, 1.82) is 0 Å². The van der Waals surface area contributed by atoms with Crippen molar-refractivity contribution >= 4 is 0 Å².